The monoisotopic (exact) mass is 365 g/mol. The maximum absolute atomic E-state index is 12.1. The van der Waals surface area contributed by atoms with Gasteiger partial charge in [0, 0.05) is 11.1 Å². The van der Waals surface area contributed by atoms with E-state index >= 15 is 0 Å². The third-order valence-electron chi connectivity index (χ3n) is 4.31. The molecular weight excluding hydrogens is 346 g/mol. The zero-order valence-corrected chi connectivity index (χ0v) is 15.3. The number of hydrogen-bond acceptors (Lipinski definition) is 6. The fraction of sp³-hybridized carbons (Fsp3) is 0.190. The molecule has 1 heterocycles. The molecule has 0 bridgehead atoms. The van der Waals surface area contributed by atoms with E-state index in [-0.39, 0.29) is 18.0 Å². The van der Waals surface area contributed by atoms with Gasteiger partial charge in [0.25, 0.3) is 0 Å². The molecule has 3 rings (SSSR count). The summed E-state index contributed by atoms with van der Waals surface area (Å²) in [7, 11) is 2.87. The van der Waals surface area contributed by atoms with Crippen LogP contribution in [0.3, 0.4) is 0 Å². The van der Waals surface area contributed by atoms with Gasteiger partial charge in [0.2, 0.25) is 0 Å². The van der Waals surface area contributed by atoms with Crippen molar-refractivity contribution in [2.75, 3.05) is 20.8 Å². The predicted octanol–water partition coefficient (Wildman–Crippen LogP) is 3.13. The molecule has 0 radical (unpaired) electrons. The molecule has 6 nitrogen and oxygen atoms in total. The summed E-state index contributed by atoms with van der Waals surface area (Å²) in [5.74, 6) is 0.390. The first-order valence-corrected chi connectivity index (χ1v) is 8.31. The Hall–Kier alpha value is -3.41. The molecule has 0 unspecified atom stereocenters. The zero-order valence-electron chi connectivity index (χ0n) is 15.3. The summed E-state index contributed by atoms with van der Waals surface area (Å²) < 4.78 is 15.5. The van der Waals surface area contributed by atoms with Gasteiger partial charge < -0.3 is 14.2 Å². The highest BCUT2D eigenvalue weighted by molar-refractivity contribution is 6.26. The van der Waals surface area contributed by atoms with Gasteiger partial charge in [-0.25, -0.2) is 4.79 Å². The van der Waals surface area contributed by atoms with Gasteiger partial charge in [-0.3, -0.25) is 9.78 Å². The number of benzene rings is 1. The number of Topliss-reactive ketones (excluding diaryl/α,β-unsaturated/α-hetero) is 1. The van der Waals surface area contributed by atoms with Crippen LogP contribution >= 0.6 is 0 Å². The van der Waals surface area contributed by atoms with E-state index < -0.39 is 5.97 Å². The van der Waals surface area contributed by atoms with Crippen molar-refractivity contribution in [1.82, 2.24) is 4.98 Å². The highest BCUT2D eigenvalue weighted by Gasteiger charge is 2.28. The number of esters is 1. The summed E-state index contributed by atoms with van der Waals surface area (Å²) in [5, 5.41) is 0. The molecule has 0 saturated heterocycles. The van der Waals surface area contributed by atoms with Gasteiger partial charge in [0.15, 0.2) is 5.78 Å². The Morgan fingerprint density at radius 2 is 1.74 bits per heavy atom. The number of aromatic nitrogens is 1. The van der Waals surface area contributed by atoms with E-state index in [0.717, 1.165) is 17.0 Å². The lowest BCUT2D eigenvalue weighted by atomic mass is 10.1. The fourth-order valence-corrected chi connectivity index (χ4v) is 2.67. The number of pyridine rings is 1. The van der Waals surface area contributed by atoms with Crippen molar-refractivity contribution >= 4 is 11.8 Å². The van der Waals surface area contributed by atoms with Crippen LogP contribution in [0, 0.1) is 0 Å². The Labute approximate surface area is 157 Å². The maximum Gasteiger partial charge on any atom is 0.341 e. The van der Waals surface area contributed by atoms with E-state index in [1.54, 1.807) is 20.2 Å². The first kappa shape index (κ1) is 18.4. The number of hydrogen-bond donors (Lipinski definition) is 0. The van der Waals surface area contributed by atoms with E-state index in [1.807, 2.05) is 36.4 Å². The molecule has 0 N–H and O–H groups in total. The average molecular weight is 365 g/mol. The second kappa shape index (κ2) is 7.86. The summed E-state index contributed by atoms with van der Waals surface area (Å²) in [6.45, 7) is 1.83. The van der Waals surface area contributed by atoms with Crippen molar-refractivity contribution < 1.29 is 23.8 Å². The minimum Gasteiger partial charge on any atom is -0.497 e. The maximum atomic E-state index is 12.1. The van der Waals surface area contributed by atoms with Crippen molar-refractivity contribution in [2.45, 2.75) is 6.92 Å². The smallest absolute Gasteiger partial charge is 0.341 e. The van der Waals surface area contributed by atoms with Gasteiger partial charge in [0.05, 0.1) is 26.1 Å². The molecule has 27 heavy (non-hydrogen) atoms. The number of rotatable bonds is 6. The van der Waals surface area contributed by atoms with Crippen LogP contribution in [0.15, 0.2) is 65.4 Å². The Morgan fingerprint density at radius 1 is 1.04 bits per heavy atom. The lowest BCUT2D eigenvalue weighted by molar-refractivity contribution is -0.137. The van der Waals surface area contributed by atoms with Gasteiger partial charge in [0.1, 0.15) is 23.7 Å². The van der Waals surface area contributed by atoms with Crippen LogP contribution in [-0.2, 0) is 14.3 Å². The Morgan fingerprint density at radius 3 is 2.33 bits per heavy atom. The third-order valence-corrected chi connectivity index (χ3v) is 4.31. The SMILES string of the molecule is COC(=O)C1=CC(COc2ccc(-c3ccc(OC)cc3)nc2)=C(C)C1=O. The number of carbonyl (C=O) groups is 2. The molecule has 0 spiro atoms. The minimum atomic E-state index is -0.639. The summed E-state index contributed by atoms with van der Waals surface area (Å²) in [5.41, 5.74) is 2.94. The molecule has 1 aromatic carbocycles. The van der Waals surface area contributed by atoms with Gasteiger partial charge >= 0.3 is 5.97 Å². The zero-order chi connectivity index (χ0) is 19.4. The van der Waals surface area contributed by atoms with Crippen LogP contribution in [0.25, 0.3) is 11.3 Å². The van der Waals surface area contributed by atoms with Crippen LogP contribution in [0.5, 0.6) is 11.5 Å². The number of ketones is 1. The van der Waals surface area contributed by atoms with Crippen molar-refractivity contribution in [2.24, 2.45) is 0 Å². The van der Waals surface area contributed by atoms with Crippen molar-refractivity contribution in [3.05, 3.63) is 65.4 Å². The van der Waals surface area contributed by atoms with Crippen LogP contribution in [0.4, 0.5) is 0 Å². The van der Waals surface area contributed by atoms with Gasteiger partial charge in [-0.05, 0) is 55.0 Å². The van der Waals surface area contributed by atoms with Gasteiger partial charge in [-0.2, -0.15) is 0 Å². The molecule has 1 aromatic heterocycles. The predicted molar refractivity (Wildman–Crippen MR) is 99.5 cm³/mol. The molecule has 0 fully saturated rings. The van der Waals surface area contributed by atoms with E-state index in [2.05, 4.69) is 9.72 Å². The summed E-state index contributed by atoms with van der Waals surface area (Å²) in [6, 6.07) is 11.3. The number of ether oxygens (including phenoxy) is 3. The Balaban J connectivity index is 1.67. The van der Waals surface area contributed by atoms with Gasteiger partial charge in [-0.15, -0.1) is 0 Å². The molecule has 0 aliphatic heterocycles. The molecule has 1 aliphatic rings. The first-order valence-electron chi connectivity index (χ1n) is 8.31. The average Bonchev–Trinajstić information content (AvgIpc) is 3.00. The Kier molecular flexibility index (Phi) is 5.35. The highest BCUT2D eigenvalue weighted by atomic mass is 16.5. The number of methoxy groups -OCH3 is 2. The van der Waals surface area contributed by atoms with Gasteiger partial charge in [-0.1, -0.05) is 0 Å². The molecule has 1 aliphatic carbocycles. The normalized spacial score (nSPS) is 13.4. The van der Waals surface area contributed by atoms with Crippen LogP contribution in [0.2, 0.25) is 0 Å². The first-order chi connectivity index (χ1) is 13.0. The highest BCUT2D eigenvalue weighted by Crippen LogP contribution is 2.25. The summed E-state index contributed by atoms with van der Waals surface area (Å²) in [6.07, 6.45) is 3.14. The third kappa shape index (κ3) is 3.89. The van der Waals surface area contributed by atoms with E-state index in [1.165, 1.54) is 13.2 Å². The second-order valence-electron chi connectivity index (χ2n) is 5.93. The van der Waals surface area contributed by atoms with E-state index in [4.69, 9.17) is 9.47 Å². The molecule has 6 heteroatoms. The van der Waals surface area contributed by atoms with E-state index in [0.29, 0.717) is 16.9 Å². The minimum absolute atomic E-state index is 0.0292. The largest absolute Gasteiger partial charge is 0.497 e. The van der Waals surface area contributed by atoms with Crippen molar-refractivity contribution in [3.63, 3.8) is 0 Å². The lowest BCUT2D eigenvalue weighted by Gasteiger charge is -2.08. The lowest BCUT2D eigenvalue weighted by Crippen LogP contribution is -2.12. The molecular formula is C21H19NO5. The molecule has 0 amide bonds. The number of carbonyl (C=O) groups excluding carboxylic acids is 2. The van der Waals surface area contributed by atoms with E-state index in [9.17, 15) is 9.59 Å². The molecule has 0 atom stereocenters. The van der Waals surface area contributed by atoms with Crippen LogP contribution in [-0.4, -0.2) is 37.6 Å². The quantitative estimate of drug-likeness (QED) is 0.578. The Bertz CT molecular complexity index is 924. The molecule has 2 aromatic rings. The molecule has 0 saturated carbocycles. The van der Waals surface area contributed by atoms with Crippen LogP contribution < -0.4 is 9.47 Å². The molecule has 138 valence electrons. The van der Waals surface area contributed by atoms with Crippen LogP contribution in [0.1, 0.15) is 6.92 Å². The van der Waals surface area contributed by atoms with Crippen molar-refractivity contribution in [3.8, 4) is 22.8 Å². The summed E-state index contributed by atoms with van der Waals surface area (Å²) >= 11 is 0. The number of nitrogens with zero attached hydrogens (tertiary/aromatic N) is 1. The fourth-order valence-electron chi connectivity index (χ4n) is 2.67. The topological polar surface area (TPSA) is 74.7 Å². The van der Waals surface area contributed by atoms with Crippen molar-refractivity contribution in [1.29, 1.82) is 0 Å². The summed E-state index contributed by atoms with van der Waals surface area (Å²) in [4.78, 5) is 28.1. The standard InChI is InChI=1S/C21H19NO5/c1-13-15(10-18(20(13)23)21(24)26-3)12-27-17-8-9-19(22-11-17)14-4-6-16(25-2)7-5-14/h4-11H,12H2,1-3H3. The number of allylic oxidation sites excluding steroid dienone is 1. The second-order valence-corrected chi connectivity index (χ2v) is 5.93.